The monoisotopic (exact) mass is 296 g/mol. The third-order valence-electron chi connectivity index (χ3n) is 2.44. The molecule has 0 bridgehead atoms. The highest BCUT2D eigenvalue weighted by Gasteiger charge is 2.05. The summed E-state index contributed by atoms with van der Waals surface area (Å²) in [5.74, 6) is 1.23. The normalized spacial score (nSPS) is 9.65. The van der Waals surface area contributed by atoms with E-state index in [9.17, 15) is 0 Å². The lowest BCUT2D eigenvalue weighted by molar-refractivity contribution is 0.874. The van der Waals surface area contributed by atoms with Crippen LogP contribution >= 0.6 is 35.6 Å². The van der Waals surface area contributed by atoms with Crippen molar-refractivity contribution in [1.29, 1.82) is 0 Å². The van der Waals surface area contributed by atoms with Crippen LogP contribution in [-0.2, 0) is 0 Å². The Bertz CT molecular complexity index is 295. The van der Waals surface area contributed by atoms with E-state index in [2.05, 4.69) is 34.1 Å². The predicted octanol–water partition coefficient (Wildman–Crippen LogP) is 3.46. The lowest BCUT2D eigenvalue weighted by Crippen LogP contribution is -2.27. The summed E-state index contributed by atoms with van der Waals surface area (Å²) in [6.07, 6.45) is 0. The molecule has 0 saturated carbocycles. The molecule has 0 radical (unpaired) electrons. The summed E-state index contributed by atoms with van der Waals surface area (Å²) in [5.41, 5.74) is 2.37. The van der Waals surface area contributed by atoms with Gasteiger partial charge in [0.05, 0.1) is 0 Å². The zero-order chi connectivity index (χ0) is 12.0. The van der Waals surface area contributed by atoms with Crippen LogP contribution in [-0.4, -0.2) is 38.9 Å². The standard InChI is InChI=1S/C12H18Cl2N2.ClH/c1-15(2)11-3-5-12(6-4-11)16(9-7-13)10-8-14;/h3-6H,7-10H2,1-2H3;1H. The first kappa shape index (κ1) is 16.7. The first-order valence-electron chi connectivity index (χ1n) is 5.33. The van der Waals surface area contributed by atoms with Crippen molar-refractivity contribution in [2.24, 2.45) is 0 Å². The van der Waals surface area contributed by atoms with E-state index in [0.717, 1.165) is 13.1 Å². The lowest BCUT2D eigenvalue weighted by atomic mass is 10.2. The van der Waals surface area contributed by atoms with Crippen LogP contribution in [0.2, 0.25) is 0 Å². The first-order chi connectivity index (χ1) is 7.69. The molecule has 0 atom stereocenters. The van der Waals surface area contributed by atoms with Gasteiger partial charge in [-0.05, 0) is 24.3 Å². The molecule has 17 heavy (non-hydrogen) atoms. The first-order valence-corrected chi connectivity index (χ1v) is 6.40. The number of alkyl halides is 2. The van der Waals surface area contributed by atoms with Gasteiger partial charge < -0.3 is 9.80 Å². The summed E-state index contributed by atoms with van der Waals surface area (Å²) in [7, 11) is 4.06. The van der Waals surface area contributed by atoms with E-state index in [-0.39, 0.29) is 12.4 Å². The topological polar surface area (TPSA) is 6.48 Å². The fraction of sp³-hybridized carbons (Fsp3) is 0.500. The van der Waals surface area contributed by atoms with Crippen molar-refractivity contribution in [3.8, 4) is 0 Å². The van der Waals surface area contributed by atoms with Crippen molar-refractivity contribution in [2.45, 2.75) is 0 Å². The molecule has 0 spiro atoms. The van der Waals surface area contributed by atoms with Gasteiger partial charge in [-0.1, -0.05) is 0 Å². The summed E-state index contributed by atoms with van der Waals surface area (Å²) in [5, 5.41) is 0. The predicted molar refractivity (Wildman–Crippen MR) is 81.7 cm³/mol. The molecule has 0 heterocycles. The van der Waals surface area contributed by atoms with Crippen molar-refractivity contribution in [3.05, 3.63) is 24.3 Å². The number of hydrogen-bond donors (Lipinski definition) is 0. The number of rotatable bonds is 6. The maximum atomic E-state index is 5.77. The van der Waals surface area contributed by atoms with E-state index >= 15 is 0 Å². The van der Waals surface area contributed by atoms with E-state index < -0.39 is 0 Å². The Labute approximate surface area is 120 Å². The van der Waals surface area contributed by atoms with Crippen LogP contribution in [0.1, 0.15) is 0 Å². The van der Waals surface area contributed by atoms with Gasteiger partial charge in [-0.3, -0.25) is 0 Å². The highest BCUT2D eigenvalue weighted by atomic mass is 35.5. The number of anilines is 2. The highest BCUT2D eigenvalue weighted by Crippen LogP contribution is 2.19. The molecule has 0 N–H and O–H groups in total. The smallest absolute Gasteiger partial charge is 0.0399 e. The van der Waals surface area contributed by atoms with Crippen molar-refractivity contribution in [1.82, 2.24) is 0 Å². The molecule has 5 heteroatoms. The number of benzene rings is 1. The summed E-state index contributed by atoms with van der Waals surface area (Å²) in [6.45, 7) is 1.66. The fourth-order valence-corrected chi connectivity index (χ4v) is 1.94. The van der Waals surface area contributed by atoms with E-state index in [1.54, 1.807) is 0 Å². The molecular weight excluding hydrogens is 279 g/mol. The molecule has 0 aromatic heterocycles. The largest absolute Gasteiger partial charge is 0.378 e. The van der Waals surface area contributed by atoms with Crippen LogP contribution in [0.5, 0.6) is 0 Å². The molecule has 2 nitrogen and oxygen atoms in total. The van der Waals surface area contributed by atoms with Gasteiger partial charge in [-0.2, -0.15) is 0 Å². The molecular formula is C12H19Cl3N2. The van der Waals surface area contributed by atoms with Gasteiger partial charge >= 0.3 is 0 Å². The lowest BCUT2D eigenvalue weighted by Gasteiger charge is -2.23. The second-order valence-corrected chi connectivity index (χ2v) is 4.53. The number of nitrogens with zero attached hydrogens (tertiary/aromatic N) is 2. The zero-order valence-electron chi connectivity index (χ0n) is 10.2. The maximum Gasteiger partial charge on any atom is 0.0399 e. The molecule has 0 aliphatic carbocycles. The number of halogens is 3. The van der Waals surface area contributed by atoms with Crippen molar-refractivity contribution >= 4 is 47.0 Å². The molecule has 1 aromatic carbocycles. The molecule has 0 saturated heterocycles. The molecule has 0 aliphatic heterocycles. The Morgan fingerprint density at radius 2 is 1.29 bits per heavy atom. The van der Waals surface area contributed by atoms with Gasteiger partial charge in [-0.15, -0.1) is 35.6 Å². The minimum absolute atomic E-state index is 0. The third-order valence-corrected chi connectivity index (χ3v) is 2.78. The highest BCUT2D eigenvalue weighted by molar-refractivity contribution is 6.18. The van der Waals surface area contributed by atoms with Gasteiger partial charge in [-0.25, -0.2) is 0 Å². The van der Waals surface area contributed by atoms with Crippen LogP contribution in [0.15, 0.2) is 24.3 Å². The van der Waals surface area contributed by atoms with Crippen molar-refractivity contribution in [3.63, 3.8) is 0 Å². The third kappa shape index (κ3) is 5.24. The summed E-state index contributed by atoms with van der Waals surface area (Å²) >= 11 is 11.5. The molecule has 0 unspecified atom stereocenters. The van der Waals surface area contributed by atoms with E-state index in [1.807, 2.05) is 14.1 Å². The van der Waals surface area contributed by atoms with Gasteiger partial charge in [0.2, 0.25) is 0 Å². The zero-order valence-corrected chi connectivity index (χ0v) is 12.5. The Hall–Kier alpha value is -0.310. The van der Waals surface area contributed by atoms with E-state index in [1.165, 1.54) is 11.4 Å². The van der Waals surface area contributed by atoms with Gasteiger partial charge in [0.1, 0.15) is 0 Å². The maximum absolute atomic E-state index is 5.77. The average Bonchev–Trinajstić information content (AvgIpc) is 2.29. The second-order valence-electron chi connectivity index (χ2n) is 3.78. The van der Waals surface area contributed by atoms with Crippen molar-refractivity contribution in [2.75, 3.05) is 48.7 Å². The molecule has 98 valence electrons. The summed E-state index contributed by atoms with van der Waals surface area (Å²) < 4.78 is 0. The summed E-state index contributed by atoms with van der Waals surface area (Å²) in [4.78, 5) is 4.27. The van der Waals surface area contributed by atoms with Gasteiger partial charge in [0, 0.05) is 50.3 Å². The van der Waals surface area contributed by atoms with Crippen LogP contribution < -0.4 is 9.80 Å². The quantitative estimate of drug-likeness (QED) is 0.742. The van der Waals surface area contributed by atoms with Crippen molar-refractivity contribution < 1.29 is 0 Å². The molecule has 1 aromatic rings. The Kier molecular flexibility index (Phi) is 8.57. The molecule has 0 aliphatic rings. The molecule has 0 fully saturated rings. The second kappa shape index (κ2) is 8.73. The minimum Gasteiger partial charge on any atom is -0.378 e. The Balaban J connectivity index is 0.00000256. The average molecular weight is 298 g/mol. The van der Waals surface area contributed by atoms with Crippen LogP contribution in [0.3, 0.4) is 0 Å². The van der Waals surface area contributed by atoms with E-state index in [4.69, 9.17) is 23.2 Å². The van der Waals surface area contributed by atoms with Gasteiger partial charge in [0.25, 0.3) is 0 Å². The number of hydrogen-bond acceptors (Lipinski definition) is 2. The minimum atomic E-state index is 0. The SMILES string of the molecule is CN(C)c1ccc(N(CCCl)CCCl)cc1.Cl. The fourth-order valence-electron chi connectivity index (χ4n) is 1.54. The van der Waals surface area contributed by atoms with Crippen LogP contribution in [0, 0.1) is 0 Å². The van der Waals surface area contributed by atoms with E-state index in [0.29, 0.717) is 11.8 Å². The molecule has 0 amide bonds. The van der Waals surface area contributed by atoms with Crippen LogP contribution in [0.4, 0.5) is 11.4 Å². The Morgan fingerprint density at radius 1 is 0.882 bits per heavy atom. The van der Waals surface area contributed by atoms with Crippen LogP contribution in [0.25, 0.3) is 0 Å². The molecule has 1 rings (SSSR count). The Morgan fingerprint density at radius 3 is 1.65 bits per heavy atom. The summed E-state index contributed by atoms with van der Waals surface area (Å²) in [6, 6.07) is 8.42. The van der Waals surface area contributed by atoms with Gasteiger partial charge in [0.15, 0.2) is 0 Å².